The molecule has 0 saturated carbocycles. The largest absolute Gasteiger partial charge is 0.351 e. The minimum Gasteiger partial charge on any atom is -0.351 e. The number of aromatic nitrogens is 1. The molecule has 0 radical (unpaired) electrons. The molecule has 1 aromatic heterocycles. The zero-order valence-electron chi connectivity index (χ0n) is 18.7. The maximum Gasteiger partial charge on any atom is 0.235 e. The van der Waals surface area contributed by atoms with Crippen LogP contribution < -0.4 is 5.32 Å². The average Bonchev–Trinajstić information content (AvgIpc) is 3.28. The molecular weight excluding hydrogens is 384 g/mol. The quantitative estimate of drug-likeness (QED) is 0.726. The van der Waals surface area contributed by atoms with Crippen LogP contribution in [0.4, 0.5) is 0 Å². The Morgan fingerprint density at radius 3 is 2.65 bits per heavy atom. The van der Waals surface area contributed by atoms with Crippen LogP contribution in [-0.4, -0.2) is 47.7 Å². The molecule has 0 spiro atoms. The van der Waals surface area contributed by atoms with E-state index in [1.807, 2.05) is 38.3 Å². The highest BCUT2D eigenvalue weighted by Crippen LogP contribution is 2.27. The summed E-state index contributed by atoms with van der Waals surface area (Å²) in [6.07, 6.45) is 9.59. The van der Waals surface area contributed by atoms with Crippen LogP contribution in [0.3, 0.4) is 0 Å². The molecular formula is C26H34N4O. The van der Waals surface area contributed by atoms with E-state index in [0.29, 0.717) is 0 Å². The fourth-order valence-corrected chi connectivity index (χ4v) is 4.06. The number of rotatable bonds is 7. The minimum atomic E-state index is -0.439. The van der Waals surface area contributed by atoms with Gasteiger partial charge in [0.15, 0.2) is 0 Å². The van der Waals surface area contributed by atoms with Crippen LogP contribution in [0, 0.1) is 0 Å². The summed E-state index contributed by atoms with van der Waals surface area (Å²) in [6.45, 7) is 6.94. The number of nitrogens with one attached hydrogen (secondary N) is 1. The van der Waals surface area contributed by atoms with Crippen molar-refractivity contribution in [2.45, 2.75) is 51.5 Å². The standard InChI is InChI=1S/C24H28N4O.C2H6/c29-24(23(21-10-4-6-14-25-21)22-11-5-7-15-26-22)27-20-13-17-28(18-20)16-12-19-8-2-1-3-9-19;1-2/h1-4,6,8-11,14-15,20,23H,5,7,12-13,16-18H2,(H,27,29);1-2H3. The Labute approximate surface area is 186 Å². The predicted molar refractivity (Wildman–Crippen MR) is 127 cm³/mol. The van der Waals surface area contributed by atoms with Crippen molar-refractivity contribution in [2.75, 3.05) is 19.6 Å². The third-order valence-corrected chi connectivity index (χ3v) is 5.61. The van der Waals surface area contributed by atoms with Crippen molar-refractivity contribution >= 4 is 12.1 Å². The summed E-state index contributed by atoms with van der Waals surface area (Å²) < 4.78 is 0. The lowest BCUT2D eigenvalue weighted by Gasteiger charge is -2.22. The number of hydrogen-bond acceptors (Lipinski definition) is 4. The van der Waals surface area contributed by atoms with Crippen LogP contribution in [0.1, 0.15) is 50.3 Å². The van der Waals surface area contributed by atoms with E-state index in [-0.39, 0.29) is 11.9 Å². The fraction of sp³-hybridized carbons (Fsp3) is 0.423. The zero-order chi connectivity index (χ0) is 21.9. The maximum atomic E-state index is 13.2. The Bertz CT molecular complexity index is 863. The van der Waals surface area contributed by atoms with Crippen LogP contribution in [0.2, 0.25) is 0 Å². The topological polar surface area (TPSA) is 57.6 Å². The molecule has 0 aliphatic carbocycles. The number of allylic oxidation sites excluding steroid dienone is 1. The molecule has 1 saturated heterocycles. The highest BCUT2D eigenvalue weighted by molar-refractivity contribution is 5.87. The summed E-state index contributed by atoms with van der Waals surface area (Å²) in [5, 5.41) is 3.27. The molecule has 2 aliphatic rings. The second-order valence-corrected chi connectivity index (χ2v) is 7.74. The van der Waals surface area contributed by atoms with Gasteiger partial charge in [-0.1, -0.05) is 56.3 Å². The van der Waals surface area contributed by atoms with E-state index < -0.39 is 5.92 Å². The number of amides is 1. The Morgan fingerprint density at radius 2 is 1.94 bits per heavy atom. The van der Waals surface area contributed by atoms with Crippen molar-refractivity contribution < 1.29 is 4.79 Å². The minimum absolute atomic E-state index is 0.00362. The molecule has 4 rings (SSSR count). The van der Waals surface area contributed by atoms with E-state index >= 15 is 0 Å². The highest BCUT2D eigenvalue weighted by Gasteiger charge is 2.30. The van der Waals surface area contributed by atoms with Gasteiger partial charge in [0.05, 0.1) is 11.4 Å². The molecule has 2 atom stereocenters. The Kier molecular flexibility index (Phi) is 8.98. The summed E-state index contributed by atoms with van der Waals surface area (Å²) in [6, 6.07) is 16.5. The van der Waals surface area contributed by atoms with Crippen LogP contribution in [0.5, 0.6) is 0 Å². The first kappa shape index (κ1) is 22.9. The van der Waals surface area contributed by atoms with Gasteiger partial charge in [0.1, 0.15) is 5.92 Å². The van der Waals surface area contributed by atoms with Crippen molar-refractivity contribution in [2.24, 2.45) is 4.99 Å². The lowest BCUT2D eigenvalue weighted by atomic mass is 9.96. The molecule has 5 heteroatoms. The molecule has 2 unspecified atom stereocenters. The zero-order valence-corrected chi connectivity index (χ0v) is 18.7. The van der Waals surface area contributed by atoms with Crippen LogP contribution in [-0.2, 0) is 11.2 Å². The van der Waals surface area contributed by atoms with Crippen LogP contribution in [0.25, 0.3) is 0 Å². The lowest BCUT2D eigenvalue weighted by Crippen LogP contribution is -2.40. The van der Waals surface area contributed by atoms with Crippen molar-refractivity contribution in [3.8, 4) is 0 Å². The maximum absolute atomic E-state index is 13.2. The second kappa shape index (κ2) is 12.2. The third kappa shape index (κ3) is 6.59. The van der Waals surface area contributed by atoms with Gasteiger partial charge in [-0.3, -0.25) is 14.8 Å². The van der Waals surface area contributed by atoms with Crippen LogP contribution >= 0.6 is 0 Å². The Hall–Kier alpha value is -2.79. The van der Waals surface area contributed by atoms with Gasteiger partial charge >= 0.3 is 0 Å². The van der Waals surface area contributed by atoms with E-state index in [2.05, 4.69) is 56.6 Å². The van der Waals surface area contributed by atoms with Crippen LogP contribution in [0.15, 0.2) is 71.5 Å². The van der Waals surface area contributed by atoms with Gasteiger partial charge in [0.25, 0.3) is 0 Å². The van der Waals surface area contributed by atoms with E-state index in [1.165, 1.54) is 5.56 Å². The molecule has 1 aromatic carbocycles. The van der Waals surface area contributed by atoms with Gasteiger partial charge < -0.3 is 10.2 Å². The summed E-state index contributed by atoms with van der Waals surface area (Å²) in [5.41, 5.74) is 2.93. The molecule has 2 aliphatic heterocycles. The van der Waals surface area contributed by atoms with Gasteiger partial charge in [-0.05, 0) is 43.4 Å². The Balaban J connectivity index is 0.00000132. The first-order valence-corrected chi connectivity index (χ1v) is 11.5. The summed E-state index contributed by atoms with van der Waals surface area (Å²) >= 11 is 0. The SMILES string of the molecule is CC.O=C(NC1CCN(CCc2ccccc2)C1)C(C1=CCCC=N1)c1ccccn1. The van der Waals surface area contributed by atoms with E-state index in [0.717, 1.165) is 56.7 Å². The molecule has 2 aromatic rings. The van der Waals surface area contributed by atoms with E-state index in [4.69, 9.17) is 0 Å². The number of aliphatic imine (C=N–C) groups is 1. The lowest BCUT2D eigenvalue weighted by molar-refractivity contribution is -0.122. The van der Waals surface area contributed by atoms with Crippen molar-refractivity contribution in [1.29, 1.82) is 0 Å². The predicted octanol–water partition coefficient (Wildman–Crippen LogP) is 4.37. The fourth-order valence-electron chi connectivity index (χ4n) is 4.06. The molecule has 3 heterocycles. The van der Waals surface area contributed by atoms with Gasteiger partial charge in [-0.25, -0.2) is 0 Å². The normalized spacial score (nSPS) is 19.2. The van der Waals surface area contributed by atoms with Crippen molar-refractivity contribution in [1.82, 2.24) is 15.2 Å². The first-order chi connectivity index (χ1) is 15.3. The number of carbonyl (C=O) groups is 1. The molecule has 0 bridgehead atoms. The molecule has 1 amide bonds. The molecule has 1 N–H and O–H groups in total. The second-order valence-electron chi connectivity index (χ2n) is 7.74. The third-order valence-electron chi connectivity index (χ3n) is 5.61. The Morgan fingerprint density at radius 1 is 1.13 bits per heavy atom. The monoisotopic (exact) mass is 418 g/mol. The van der Waals surface area contributed by atoms with E-state index in [1.54, 1.807) is 6.20 Å². The average molecular weight is 419 g/mol. The number of likely N-dealkylation sites (tertiary alicyclic amines) is 1. The highest BCUT2D eigenvalue weighted by atomic mass is 16.2. The summed E-state index contributed by atoms with van der Waals surface area (Å²) in [5.74, 6) is -0.435. The van der Waals surface area contributed by atoms with Crippen molar-refractivity contribution in [3.63, 3.8) is 0 Å². The molecule has 31 heavy (non-hydrogen) atoms. The number of benzene rings is 1. The number of carbonyl (C=O) groups excluding carboxylic acids is 1. The van der Waals surface area contributed by atoms with Gasteiger partial charge in [0, 0.05) is 38.1 Å². The van der Waals surface area contributed by atoms with Crippen molar-refractivity contribution in [3.05, 3.63) is 77.8 Å². The molecule has 164 valence electrons. The number of nitrogens with zero attached hydrogens (tertiary/aromatic N) is 3. The number of hydrogen-bond donors (Lipinski definition) is 1. The smallest absolute Gasteiger partial charge is 0.235 e. The van der Waals surface area contributed by atoms with Gasteiger partial charge in [0.2, 0.25) is 5.91 Å². The molecule has 5 nitrogen and oxygen atoms in total. The molecule has 1 fully saturated rings. The summed E-state index contributed by atoms with van der Waals surface area (Å²) in [7, 11) is 0. The number of pyridine rings is 1. The van der Waals surface area contributed by atoms with E-state index in [9.17, 15) is 4.79 Å². The van der Waals surface area contributed by atoms with Gasteiger partial charge in [-0.2, -0.15) is 0 Å². The van der Waals surface area contributed by atoms with Gasteiger partial charge in [-0.15, -0.1) is 0 Å². The first-order valence-electron chi connectivity index (χ1n) is 11.5. The summed E-state index contributed by atoms with van der Waals surface area (Å²) in [4.78, 5) is 24.6.